The Bertz CT molecular complexity index is 562. The van der Waals surface area contributed by atoms with Gasteiger partial charge in [-0.2, -0.15) is 0 Å². The lowest BCUT2D eigenvalue weighted by molar-refractivity contribution is 0.0786. The summed E-state index contributed by atoms with van der Waals surface area (Å²) < 4.78 is 1.07. The molecule has 0 saturated carbocycles. The highest BCUT2D eigenvalue weighted by molar-refractivity contribution is 9.10. The SMILES string of the molecule is CCc1ccc(C(=O)N(C)Cc2cc(Br)cs2)cc1. The summed E-state index contributed by atoms with van der Waals surface area (Å²) in [7, 11) is 1.84. The Labute approximate surface area is 126 Å². The zero-order valence-electron chi connectivity index (χ0n) is 11.0. The van der Waals surface area contributed by atoms with E-state index in [1.54, 1.807) is 16.2 Å². The largest absolute Gasteiger partial charge is 0.337 e. The number of halogens is 1. The van der Waals surface area contributed by atoms with Crippen LogP contribution in [0.5, 0.6) is 0 Å². The van der Waals surface area contributed by atoms with Gasteiger partial charge in [-0.1, -0.05) is 19.1 Å². The van der Waals surface area contributed by atoms with Crippen molar-refractivity contribution in [2.45, 2.75) is 19.9 Å². The van der Waals surface area contributed by atoms with Crippen LogP contribution in [0.3, 0.4) is 0 Å². The average molecular weight is 338 g/mol. The third-order valence-electron chi connectivity index (χ3n) is 2.97. The number of hydrogen-bond acceptors (Lipinski definition) is 2. The van der Waals surface area contributed by atoms with E-state index in [1.807, 2.05) is 36.7 Å². The van der Waals surface area contributed by atoms with Gasteiger partial charge in [0, 0.05) is 27.3 Å². The van der Waals surface area contributed by atoms with E-state index in [0.29, 0.717) is 6.54 Å². The van der Waals surface area contributed by atoms with Crippen LogP contribution >= 0.6 is 27.3 Å². The Morgan fingerprint density at radius 1 is 1.32 bits per heavy atom. The highest BCUT2D eigenvalue weighted by atomic mass is 79.9. The summed E-state index contributed by atoms with van der Waals surface area (Å²) in [6.45, 7) is 2.75. The van der Waals surface area contributed by atoms with Crippen LogP contribution < -0.4 is 0 Å². The number of benzene rings is 1. The topological polar surface area (TPSA) is 20.3 Å². The number of rotatable bonds is 4. The Morgan fingerprint density at radius 2 is 2.00 bits per heavy atom. The Hall–Kier alpha value is -1.13. The van der Waals surface area contributed by atoms with Crippen molar-refractivity contribution in [3.05, 3.63) is 56.2 Å². The molecule has 2 rings (SSSR count). The molecule has 2 nitrogen and oxygen atoms in total. The van der Waals surface area contributed by atoms with Crippen LogP contribution in [0.15, 0.2) is 40.2 Å². The number of carbonyl (C=O) groups excluding carboxylic acids is 1. The van der Waals surface area contributed by atoms with Crippen molar-refractivity contribution in [3.8, 4) is 0 Å². The van der Waals surface area contributed by atoms with Gasteiger partial charge in [0.05, 0.1) is 6.54 Å². The quantitative estimate of drug-likeness (QED) is 0.812. The van der Waals surface area contributed by atoms with E-state index in [1.165, 1.54) is 10.4 Å². The van der Waals surface area contributed by atoms with Gasteiger partial charge in [0.15, 0.2) is 0 Å². The zero-order chi connectivity index (χ0) is 13.8. The van der Waals surface area contributed by atoms with Crippen LogP contribution in [0, 0.1) is 0 Å². The number of hydrogen-bond donors (Lipinski definition) is 0. The summed E-state index contributed by atoms with van der Waals surface area (Å²) in [4.78, 5) is 15.2. The Kier molecular flexibility index (Phi) is 4.77. The van der Waals surface area contributed by atoms with Gasteiger partial charge in [-0.25, -0.2) is 0 Å². The first kappa shape index (κ1) is 14.3. The second-order valence-electron chi connectivity index (χ2n) is 4.44. The van der Waals surface area contributed by atoms with E-state index in [2.05, 4.69) is 28.9 Å². The molecule has 0 N–H and O–H groups in total. The minimum absolute atomic E-state index is 0.0622. The van der Waals surface area contributed by atoms with Gasteiger partial charge in [-0.05, 0) is 46.1 Å². The molecule has 1 aromatic heterocycles. The number of thiophene rings is 1. The monoisotopic (exact) mass is 337 g/mol. The highest BCUT2D eigenvalue weighted by Gasteiger charge is 2.12. The summed E-state index contributed by atoms with van der Waals surface area (Å²) >= 11 is 5.08. The van der Waals surface area contributed by atoms with Crippen LogP contribution in [0.1, 0.15) is 27.7 Å². The van der Waals surface area contributed by atoms with Crippen LogP contribution in [-0.4, -0.2) is 17.9 Å². The molecule has 19 heavy (non-hydrogen) atoms. The Morgan fingerprint density at radius 3 is 2.53 bits per heavy atom. The predicted octanol–water partition coefficient (Wildman–Crippen LogP) is 4.35. The molecule has 100 valence electrons. The fourth-order valence-corrected chi connectivity index (χ4v) is 3.35. The molecule has 0 aliphatic rings. The van der Waals surface area contributed by atoms with Gasteiger partial charge in [0.25, 0.3) is 5.91 Å². The molecule has 1 aromatic carbocycles. The minimum atomic E-state index is 0.0622. The molecule has 0 atom stereocenters. The summed E-state index contributed by atoms with van der Waals surface area (Å²) in [5.41, 5.74) is 2.00. The highest BCUT2D eigenvalue weighted by Crippen LogP contribution is 2.21. The molecule has 0 bridgehead atoms. The maximum Gasteiger partial charge on any atom is 0.253 e. The second kappa shape index (κ2) is 6.35. The normalized spacial score (nSPS) is 10.5. The standard InChI is InChI=1S/C15H16BrNOS/c1-3-11-4-6-12(7-5-11)15(18)17(2)9-14-8-13(16)10-19-14/h4-8,10H,3,9H2,1-2H3. The van der Waals surface area contributed by atoms with Crippen molar-refractivity contribution < 1.29 is 4.79 Å². The van der Waals surface area contributed by atoms with Crippen molar-refractivity contribution in [1.29, 1.82) is 0 Å². The molecule has 0 spiro atoms. The van der Waals surface area contributed by atoms with E-state index in [9.17, 15) is 4.79 Å². The second-order valence-corrected chi connectivity index (χ2v) is 6.35. The molecule has 1 heterocycles. The van der Waals surface area contributed by atoms with E-state index < -0.39 is 0 Å². The van der Waals surface area contributed by atoms with E-state index in [-0.39, 0.29) is 5.91 Å². The van der Waals surface area contributed by atoms with Crippen molar-refractivity contribution >= 4 is 33.2 Å². The molecular weight excluding hydrogens is 322 g/mol. The summed E-state index contributed by atoms with van der Waals surface area (Å²) in [5.74, 6) is 0.0622. The molecule has 0 unspecified atom stereocenters. The first-order valence-corrected chi connectivity index (χ1v) is 7.84. The van der Waals surface area contributed by atoms with Gasteiger partial charge in [0.2, 0.25) is 0 Å². The van der Waals surface area contributed by atoms with Crippen LogP contribution in [0.2, 0.25) is 0 Å². The molecule has 0 aliphatic carbocycles. The molecule has 1 amide bonds. The van der Waals surface area contributed by atoms with Gasteiger partial charge < -0.3 is 4.90 Å². The fourth-order valence-electron chi connectivity index (χ4n) is 1.85. The maximum atomic E-state index is 12.3. The van der Waals surface area contributed by atoms with Crippen molar-refractivity contribution in [2.24, 2.45) is 0 Å². The predicted molar refractivity (Wildman–Crippen MR) is 83.6 cm³/mol. The van der Waals surface area contributed by atoms with Crippen LogP contribution in [-0.2, 0) is 13.0 Å². The first-order chi connectivity index (χ1) is 9.10. The summed E-state index contributed by atoms with van der Waals surface area (Å²) in [5, 5.41) is 2.03. The zero-order valence-corrected chi connectivity index (χ0v) is 13.4. The summed E-state index contributed by atoms with van der Waals surface area (Å²) in [6, 6.07) is 9.89. The van der Waals surface area contributed by atoms with Gasteiger partial charge in [0.1, 0.15) is 0 Å². The third kappa shape index (κ3) is 3.67. The average Bonchev–Trinajstić information content (AvgIpc) is 2.83. The van der Waals surface area contributed by atoms with E-state index in [0.717, 1.165) is 16.5 Å². The van der Waals surface area contributed by atoms with Gasteiger partial charge >= 0.3 is 0 Å². The summed E-state index contributed by atoms with van der Waals surface area (Å²) in [6.07, 6.45) is 0.994. The number of aryl methyl sites for hydroxylation is 1. The maximum absolute atomic E-state index is 12.3. The number of amides is 1. The molecule has 0 radical (unpaired) electrons. The van der Waals surface area contributed by atoms with Crippen LogP contribution in [0.4, 0.5) is 0 Å². The minimum Gasteiger partial charge on any atom is -0.337 e. The molecule has 0 saturated heterocycles. The lowest BCUT2D eigenvalue weighted by Crippen LogP contribution is -2.25. The fraction of sp³-hybridized carbons (Fsp3) is 0.267. The number of nitrogens with zero attached hydrogens (tertiary/aromatic N) is 1. The molecule has 0 fully saturated rings. The number of carbonyl (C=O) groups is 1. The van der Waals surface area contributed by atoms with Crippen LogP contribution in [0.25, 0.3) is 0 Å². The van der Waals surface area contributed by atoms with E-state index >= 15 is 0 Å². The van der Waals surface area contributed by atoms with Crippen molar-refractivity contribution in [3.63, 3.8) is 0 Å². The van der Waals surface area contributed by atoms with Gasteiger partial charge in [-0.3, -0.25) is 4.79 Å². The smallest absolute Gasteiger partial charge is 0.253 e. The third-order valence-corrected chi connectivity index (χ3v) is 4.65. The lowest BCUT2D eigenvalue weighted by Gasteiger charge is -2.16. The molecule has 2 aromatic rings. The first-order valence-electron chi connectivity index (χ1n) is 6.17. The van der Waals surface area contributed by atoms with E-state index in [4.69, 9.17) is 0 Å². The molecule has 0 aliphatic heterocycles. The molecule has 4 heteroatoms. The van der Waals surface area contributed by atoms with Crippen molar-refractivity contribution in [1.82, 2.24) is 4.90 Å². The Balaban J connectivity index is 2.05. The van der Waals surface area contributed by atoms with Gasteiger partial charge in [-0.15, -0.1) is 11.3 Å². The lowest BCUT2D eigenvalue weighted by atomic mass is 10.1. The molecular formula is C15H16BrNOS. The van der Waals surface area contributed by atoms with Crippen molar-refractivity contribution in [2.75, 3.05) is 7.05 Å².